The van der Waals surface area contributed by atoms with Crippen molar-refractivity contribution in [3.63, 3.8) is 0 Å². The molecule has 2 aliphatic rings. The zero-order valence-electron chi connectivity index (χ0n) is 18.0. The summed E-state index contributed by atoms with van der Waals surface area (Å²) in [5.41, 5.74) is 1.39. The molecule has 2 aliphatic heterocycles. The Bertz CT molecular complexity index is 667. The van der Waals surface area contributed by atoms with E-state index in [9.17, 15) is 9.18 Å². The summed E-state index contributed by atoms with van der Waals surface area (Å²) in [5.74, 6) is 0.296. The first-order valence-corrected chi connectivity index (χ1v) is 10.8. The second-order valence-corrected chi connectivity index (χ2v) is 9.19. The van der Waals surface area contributed by atoms with Gasteiger partial charge in [-0.1, -0.05) is 32.4 Å². The van der Waals surface area contributed by atoms with Crippen LogP contribution >= 0.6 is 0 Å². The standard InChI is InChI=1S/C23H36FN3O/c1-6-17(4)18(5)25-22(28)26-13-11-23(12-14-26)15-27(16(2)3)21(23)19-7-9-20(24)10-8-19/h7-10,16-18,21H,6,11-15H2,1-5H3,(H,25,28)/t17-,18-,21?/m0/s1. The van der Waals surface area contributed by atoms with Crippen molar-refractivity contribution in [2.75, 3.05) is 19.6 Å². The van der Waals surface area contributed by atoms with Crippen molar-refractivity contribution in [2.45, 2.75) is 72.0 Å². The molecule has 1 spiro atoms. The number of carbonyl (C=O) groups excluding carboxylic acids is 1. The first-order valence-electron chi connectivity index (χ1n) is 10.8. The Kier molecular flexibility index (Phi) is 6.33. The normalized spacial score (nSPS) is 24.1. The molecule has 1 N–H and O–H groups in total. The highest BCUT2D eigenvalue weighted by Crippen LogP contribution is 2.55. The van der Waals surface area contributed by atoms with E-state index in [-0.39, 0.29) is 23.3 Å². The number of halogens is 1. The minimum atomic E-state index is -0.185. The Morgan fingerprint density at radius 3 is 2.32 bits per heavy atom. The van der Waals surface area contributed by atoms with Crippen molar-refractivity contribution in [2.24, 2.45) is 11.3 Å². The monoisotopic (exact) mass is 389 g/mol. The SMILES string of the molecule is CC[C@H](C)[C@H](C)NC(=O)N1CCC2(CC1)CN(C(C)C)C2c1ccc(F)cc1. The summed E-state index contributed by atoms with van der Waals surface area (Å²) < 4.78 is 13.4. The fraction of sp³-hybridized carbons (Fsp3) is 0.696. The van der Waals surface area contributed by atoms with E-state index in [1.165, 1.54) is 5.56 Å². The van der Waals surface area contributed by atoms with Crippen molar-refractivity contribution in [3.05, 3.63) is 35.6 Å². The molecule has 4 nitrogen and oxygen atoms in total. The molecule has 0 aromatic heterocycles. The number of urea groups is 1. The predicted molar refractivity (Wildman–Crippen MR) is 112 cm³/mol. The summed E-state index contributed by atoms with van der Waals surface area (Å²) in [5, 5.41) is 3.17. The van der Waals surface area contributed by atoms with Crippen LogP contribution in [0.4, 0.5) is 9.18 Å². The van der Waals surface area contributed by atoms with Crippen molar-refractivity contribution >= 4 is 6.03 Å². The van der Waals surface area contributed by atoms with Gasteiger partial charge >= 0.3 is 6.03 Å². The van der Waals surface area contributed by atoms with Crippen LogP contribution in [0.15, 0.2) is 24.3 Å². The summed E-state index contributed by atoms with van der Waals surface area (Å²) in [6.45, 7) is 13.5. The van der Waals surface area contributed by atoms with Gasteiger partial charge < -0.3 is 10.2 Å². The third-order valence-corrected chi connectivity index (χ3v) is 7.15. The topological polar surface area (TPSA) is 35.6 Å². The molecule has 3 atom stereocenters. The molecular weight excluding hydrogens is 353 g/mol. The van der Waals surface area contributed by atoms with E-state index in [4.69, 9.17) is 0 Å². The van der Waals surface area contributed by atoms with Gasteiger partial charge in [0.25, 0.3) is 0 Å². The van der Waals surface area contributed by atoms with Gasteiger partial charge in [-0.15, -0.1) is 0 Å². The molecule has 1 aromatic carbocycles. The van der Waals surface area contributed by atoms with Crippen LogP contribution in [-0.4, -0.2) is 47.5 Å². The molecule has 1 unspecified atom stereocenters. The van der Waals surface area contributed by atoms with Crippen LogP contribution in [0.2, 0.25) is 0 Å². The lowest BCUT2D eigenvalue weighted by atomic mass is 9.62. The molecule has 2 heterocycles. The molecule has 3 rings (SSSR count). The quantitative estimate of drug-likeness (QED) is 0.784. The van der Waals surface area contributed by atoms with Gasteiger partial charge in [-0.3, -0.25) is 4.90 Å². The first-order chi connectivity index (χ1) is 13.3. The number of hydrogen-bond donors (Lipinski definition) is 1. The zero-order chi connectivity index (χ0) is 20.5. The lowest BCUT2D eigenvalue weighted by Gasteiger charge is -2.62. The number of hydrogen-bond acceptors (Lipinski definition) is 2. The van der Waals surface area contributed by atoms with Crippen LogP contribution in [-0.2, 0) is 0 Å². The largest absolute Gasteiger partial charge is 0.335 e. The summed E-state index contributed by atoms with van der Waals surface area (Å²) in [6, 6.07) is 8.04. The smallest absolute Gasteiger partial charge is 0.317 e. The molecular formula is C23H36FN3O. The van der Waals surface area contributed by atoms with Gasteiger partial charge in [-0.05, 0) is 57.2 Å². The second kappa shape index (κ2) is 8.40. The van der Waals surface area contributed by atoms with Crippen molar-refractivity contribution in [1.82, 2.24) is 15.1 Å². The fourth-order valence-corrected chi connectivity index (χ4v) is 4.82. The Morgan fingerprint density at radius 2 is 1.79 bits per heavy atom. The average Bonchev–Trinajstić information content (AvgIpc) is 2.67. The van der Waals surface area contributed by atoms with Crippen LogP contribution in [0.25, 0.3) is 0 Å². The lowest BCUT2D eigenvalue weighted by Crippen LogP contribution is -2.64. The molecule has 2 saturated heterocycles. The summed E-state index contributed by atoms with van der Waals surface area (Å²) >= 11 is 0. The van der Waals surface area contributed by atoms with Crippen LogP contribution < -0.4 is 5.32 Å². The molecule has 0 radical (unpaired) electrons. The van der Waals surface area contributed by atoms with E-state index in [0.717, 1.165) is 38.9 Å². The molecule has 2 fully saturated rings. The predicted octanol–water partition coefficient (Wildman–Crippen LogP) is 4.82. The third-order valence-electron chi connectivity index (χ3n) is 7.15. The number of piperidine rings is 1. The van der Waals surface area contributed by atoms with Crippen molar-refractivity contribution in [3.8, 4) is 0 Å². The van der Waals surface area contributed by atoms with Crippen molar-refractivity contribution < 1.29 is 9.18 Å². The van der Waals surface area contributed by atoms with Gasteiger partial charge in [-0.2, -0.15) is 0 Å². The molecule has 1 aromatic rings. The molecule has 5 heteroatoms. The van der Waals surface area contributed by atoms with E-state index < -0.39 is 0 Å². The maximum Gasteiger partial charge on any atom is 0.317 e. The average molecular weight is 390 g/mol. The van der Waals surface area contributed by atoms with E-state index in [1.54, 1.807) is 12.1 Å². The highest BCUT2D eigenvalue weighted by Gasteiger charge is 2.54. The number of amides is 2. The van der Waals surface area contributed by atoms with Gasteiger partial charge in [0.2, 0.25) is 0 Å². The maximum absolute atomic E-state index is 13.4. The molecule has 156 valence electrons. The van der Waals surface area contributed by atoms with Crippen LogP contribution in [0.5, 0.6) is 0 Å². The molecule has 0 aliphatic carbocycles. The van der Waals surface area contributed by atoms with E-state index in [0.29, 0.717) is 18.0 Å². The third kappa shape index (κ3) is 4.05. The Labute approximate surface area is 169 Å². The Balaban J connectivity index is 1.66. The minimum Gasteiger partial charge on any atom is -0.335 e. The van der Waals surface area contributed by atoms with Crippen LogP contribution in [0.3, 0.4) is 0 Å². The fourth-order valence-electron chi connectivity index (χ4n) is 4.82. The Morgan fingerprint density at radius 1 is 1.18 bits per heavy atom. The summed E-state index contributed by atoms with van der Waals surface area (Å²) in [4.78, 5) is 17.2. The van der Waals surface area contributed by atoms with Gasteiger partial charge in [0.1, 0.15) is 5.82 Å². The lowest BCUT2D eigenvalue weighted by molar-refractivity contribution is -0.123. The van der Waals surface area contributed by atoms with Gasteiger partial charge in [0.15, 0.2) is 0 Å². The number of rotatable bonds is 5. The minimum absolute atomic E-state index is 0.0704. The number of nitrogens with zero attached hydrogens (tertiary/aromatic N) is 2. The summed E-state index contributed by atoms with van der Waals surface area (Å²) in [6.07, 6.45) is 3.07. The highest BCUT2D eigenvalue weighted by atomic mass is 19.1. The number of likely N-dealkylation sites (tertiary alicyclic amines) is 2. The van der Waals surface area contributed by atoms with Gasteiger partial charge in [0.05, 0.1) is 0 Å². The number of nitrogens with one attached hydrogen (secondary N) is 1. The molecule has 0 saturated carbocycles. The maximum atomic E-state index is 13.4. The zero-order valence-corrected chi connectivity index (χ0v) is 18.0. The van der Waals surface area contributed by atoms with E-state index >= 15 is 0 Å². The van der Waals surface area contributed by atoms with Gasteiger partial charge in [0, 0.05) is 43.2 Å². The molecule has 28 heavy (non-hydrogen) atoms. The van der Waals surface area contributed by atoms with E-state index in [1.807, 2.05) is 17.0 Å². The second-order valence-electron chi connectivity index (χ2n) is 9.19. The van der Waals surface area contributed by atoms with Gasteiger partial charge in [-0.25, -0.2) is 9.18 Å². The highest BCUT2D eigenvalue weighted by molar-refractivity contribution is 5.74. The van der Waals surface area contributed by atoms with Crippen LogP contribution in [0, 0.1) is 17.2 Å². The first kappa shape index (κ1) is 21.1. The summed E-state index contributed by atoms with van der Waals surface area (Å²) in [7, 11) is 0. The molecule has 2 amide bonds. The van der Waals surface area contributed by atoms with E-state index in [2.05, 4.69) is 44.8 Å². The molecule has 0 bridgehead atoms. The number of benzene rings is 1. The van der Waals surface area contributed by atoms with Crippen molar-refractivity contribution in [1.29, 1.82) is 0 Å². The number of carbonyl (C=O) groups is 1. The van der Waals surface area contributed by atoms with Crippen LogP contribution in [0.1, 0.15) is 65.5 Å². The Hall–Kier alpha value is -1.62.